The van der Waals surface area contributed by atoms with Gasteiger partial charge in [-0.25, -0.2) is 4.98 Å². The maximum absolute atomic E-state index is 4.50. The zero-order chi connectivity index (χ0) is 11.8. The summed E-state index contributed by atoms with van der Waals surface area (Å²) in [6.07, 6.45) is 6.41. The van der Waals surface area contributed by atoms with E-state index in [1.807, 2.05) is 12.4 Å². The molecule has 2 rings (SSSR count). The quantitative estimate of drug-likeness (QED) is 0.828. The fourth-order valence-corrected chi connectivity index (χ4v) is 2.47. The minimum absolute atomic E-state index is 0.426. The van der Waals surface area contributed by atoms with Crippen LogP contribution in [-0.4, -0.2) is 16.1 Å². The summed E-state index contributed by atoms with van der Waals surface area (Å²) in [5.74, 6) is 1.92. The number of aryl methyl sites for hydroxylation is 1. The van der Waals surface area contributed by atoms with Crippen LogP contribution in [0.4, 0.5) is 0 Å². The van der Waals surface area contributed by atoms with Crippen molar-refractivity contribution in [2.24, 2.45) is 18.4 Å². The molecule has 0 radical (unpaired) electrons. The van der Waals surface area contributed by atoms with Crippen LogP contribution in [0.3, 0.4) is 0 Å². The van der Waals surface area contributed by atoms with Crippen molar-refractivity contribution in [3.05, 3.63) is 18.2 Å². The molecule has 1 N–H and O–H groups in total. The molecule has 0 saturated heterocycles. The van der Waals surface area contributed by atoms with Gasteiger partial charge in [0.2, 0.25) is 0 Å². The smallest absolute Gasteiger partial charge is 0.125 e. The molecule has 1 aliphatic carbocycles. The zero-order valence-electron chi connectivity index (χ0n) is 10.8. The van der Waals surface area contributed by atoms with E-state index in [1.165, 1.54) is 18.7 Å². The van der Waals surface area contributed by atoms with Gasteiger partial charge in [0.05, 0.1) is 6.04 Å². The maximum atomic E-state index is 4.50. The Morgan fingerprint density at radius 1 is 1.62 bits per heavy atom. The van der Waals surface area contributed by atoms with Crippen LogP contribution in [0.1, 0.15) is 45.5 Å². The van der Waals surface area contributed by atoms with Gasteiger partial charge in [0.1, 0.15) is 5.82 Å². The van der Waals surface area contributed by atoms with Gasteiger partial charge >= 0.3 is 0 Å². The molecule has 2 unspecified atom stereocenters. The highest BCUT2D eigenvalue weighted by atomic mass is 15.1. The standard InChI is InChI=1S/C13H23N3/c1-5-6-14-11(10-9-13(10,2)3)12-15-7-8-16(12)4/h7-8,10-11,14H,5-6,9H2,1-4H3. The molecule has 16 heavy (non-hydrogen) atoms. The number of hydrogen-bond acceptors (Lipinski definition) is 2. The normalized spacial score (nSPS) is 24.4. The Morgan fingerprint density at radius 3 is 2.75 bits per heavy atom. The van der Waals surface area contributed by atoms with E-state index in [-0.39, 0.29) is 0 Å². The predicted molar refractivity (Wildman–Crippen MR) is 66.1 cm³/mol. The lowest BCUT2D eigenvalue weighted by Gasteiger charge is -2.20. The summed E-state index contributed by atoms with van der Waals surface area (Å²) in [6.45, 7) is 7.98. The van der Waals surface area contributed by atoms with Crippen molar-refractivity contribution in [1.29, 1.82) is 0 Å². The third-order valence-electron chi connectivity index (χ3n) is 3.74. The van der Waals surface area contributed by atoms with Crippen LogP contribution in [0.5, 0.6) is 0 Å². The molecule has 1 aliphatic rings. The molecule has 0 aliphatic heterocycles. The first-order valence-corrected chi connectivity index (χ1v) is 6.27. The number of rotatable bonds is 5. The Hall–Kier alpha value is -0.830. The number of aromatic nitrogens is 2. The molecule has 3 nitrogen and oxygen atoms in total. The molecule has 0 bridgehead atoms. The van der Waals surface area contributed by atoms with Crippen molar-refractivity contribution < 1.29 is 0 Å². The largest absolute Gasteiger partial charge is 0.337 e. The van der Waals surface area contributed by atoms with E-state index in [0.717, 1.165) is 12.5 Å². The van der Waals surface area contributed by atoms with Crippen LogP contribution >= 0.6 is 0 Å². The van der Waals surface area contributed by atoms with E-state index < -0.39 is 0 Å². The highest BCUT2D eigenvalue weighted by Gasteiger charge is 2.51. The van der Waals surface area contributed by atoms with Gasteiger partial charge in [-0.3, -0.25) is 0 Å². The first kappa shape index (κ1) is 11.6. The minimum Gasteiger partial charge on any atom is -0.337 e. The summed E-state index contributed by atoms with van der Waals surface area (Å²) < 4.78 is 2.14. The van der Waals surface area contributed by atoms with Crippen molar-refractivity contribution in [2.75, 3.05) is 6.54 Å². The lowest BCUT2D eigenvalue weighted by Crippen LogP contribution is -2.27. The predicted octanol–water partition coefficient (Wildman–Crippen LogP) is 2.51. The average Bonchev–Trinajstić information content (AvgIpc) is 2.65. The molecule has 3 heteroatoms. The van der Waals surface area contributed by atoms with Gasteiger partial charge in [0, 0.05) is 19.4 Å². The summed E-state index contributed by atoms with van der Waals surface area (Å²) in [5.41, 5.74) is 0.483. The second-order valence-corrected chi connectivity index (χ2v) is 5.63. The first-order chi connectivity index (χ1) is 7.56. The van der Waals surface area contributed by atoms with Crippen molar-refractivity contribution in [3.8, 4) is 0 Å². The van der Waals surface area contributed by atoms with Crippen LogP contribution in [0.15, 0.2) is 12.4 Å². The summed E-state index contributed by atoms with van der Waals surface area (Å²) in [4.78, 5) is 4.50. The molecular formula is C13H23N3. The molecule has 0 aromatic carbocycles. The van der Waals surface area contributed by atoms with Gasteiger partial charge in [-0.1, -0.05) is 20.8 Å². The molecule has 0 spiro atoms. The molecule has 1 aromatic heterocycles. The summed E-state index contributed by atoms with van der Waals surface area (Å²) in [7, 11) is 2.08. The zero-order valence-corrected chi connectivity index (χ0v) is 10.8. The van der Waals surface area contributed by atoms with Crippen LogP contribution in [0.25, 0.3) is 0 Å². The Bertz CT molecular complexity index is 354. The lowest BCUT2D eigenvalue weighted by atomic mass is 10.0. The van der Waals surface area contributed by atoms with Gasteiger partial charge in [-0.15, -0.1) is 0 Å². The Balaban J connectivity index is 2.13. The average molecular weight is 221 g/mol. The summed E-state index contributed by atoms with van der Waals surface area (Å²) in [5, 5.41) is 3.65. The van der Waals surface area contributed by atoms with E-state index in [4.69, 9.17) is 0 Å². The van der Waals surface area contributed by atoms with Gasteiger partial charge in [0.25, 0.3) is 0 Å². The number of imidazole rings is 1. The highest BCUT2D eigenvalue weighted by molar-refractivity contribution is 5.10. The third-order valence-corrected chi connectivity index (χ3v) is 3.74. The van der Waals surface area contributed by atoms with E-state index in [9.17, 15) is 0 Å². The fraction of sp³-hybridized carbons (Fsp3) is 0.769. The monoisotopic (exact) mass is 221 g/mol. The molecule has 1 aromatic rings. The Labute approximate surface area is 98.3 Å². The van der Waals surface area contributed by atoms with Crippen molar-refractivity contribution in [2.45, 2.75) is 39.7 Å². The Morgan fingerprint density at radius 2 is 2.31 bits per heavy atom. The van der Waals surface area contributed by atoms with Crippen molar-refractivity contribution >= 4 is 0 Å². The molecule has 0 amide bonds. The van der Waals surface area contributed by atoms with Crippen LogP contribution in [-0.2, 0) is 7.05 Å². The number of nitrogens with one attached hydrogen (secondary N) is 1. The first-order valence-electron chi connectivity index (χ1n) is 6.27. The summed E-state index contributed by atoms with van der Waals surface area (Å²) >= 11 is 0. The lowest BCUT2D eigenvalue weighted by molar-refractivity contribution is 0.393. The molecule has 1 saturated carbocycles. The van der Waals surface area contributed by atoms with Crippen LogP contribution in [0.2, 0.25) is 0 Å². The van der Waals surface area contributed by atoms with Gasteiger partial charge in [-0.2, -0.15) is 0 Å². The van der Waals surface area contributed by atoms with Gasteiger partial charge in [-0.05, 0) is 30.7 Å². The molecule has 90 valence electrons. The van der Waals surface area contributed by atoms with Crippen LogP contribution in [0, 0.1) is 11.3 Å². The minimum atomic E-state index is 0.426. The summed E-state index contributed by atoms with van der Waals surface area (Å²) in [6, 6.07) is 0.426. The second-order valence-electron chi connectivity index (χ2n) is 5.63. The molecule has 1 fully saturated rings. The Kier molecular flexibility index (Phi) is 3.06. The number of hydrogen-bond donors (Lipinski definition) is 1. The maximum Gasteiger partial charge on any atom is 0.125 e. The molecule has 1 heterocycles. The van der Waals surface area contributed by atoms with Crippen molar-refractivity contribution in [1.82, 2.24) is 14.9 Å². The van der Waals surface area contributed by atoms with E-state index in [0.29, 0.717) is 11.5 Å². The second kappa shape index (κ2) is 4.21. The molecule has 2 atom stereocenters. The topological polar surface area (TPSA) is 29.9 Å². The van der Waals surface area contributed by atoms with E-state index in [1.54, 1.807) is 0 Å². The SMILES string of the molecule is CCCNC(c1nccn1C)C1CC1(C)C. The fourth-order valence-electron chi connectivity index (χ4n) is 2.47. The van der Waals surface area contributed by atoms with Gasteiger partial charge in [0.15, 0.2) is 0 Å². The third kappa shape index (κ3) is 2.14. The van der Waals surface area contributed by atoms with E-state index >= 15 is 0 Å². The van der Waals surface area contributed by atoms with E-state index in [2.05, 4.69) is 42.7 Å². The van der Waals surface area contributed by atoms with Crippen molar-refractivity contribution in [3.63, 3.8) is 0 Å². The van der Waals surface area contributed by atoms with Gasteiger partial charge < -0.3 is 9.88 Å². The molecular weight excluding hydrogens is 198 g/mol. The van der Waals surface area contributed by atoms with Crippen LogP contribution < -0.4 is 5.32 Å². The highest BCUT2D eigenvalue weighted by Crippen LogP contribution is 2.57. The number of nitrogens with zero attached hydrogens (tertiary/aromatic N) is 2.